The van der Waals surface area contributed by atoms with E-state index in [1.807, 2.05) is 0 Å². The summed E-state index contributed by atoms with van der Waals surface area (Å²) in [5, 5.41) is 6.70. The van der Waals surface area contributed by atoms with Crippen LogP contribution in [0.15, 0.2) is 36.4 Å². The largest absolute Gasteiger partial charge is 2.00 e. The van der Waals surface area contributed by atoms with Crippen LogP contribution in [0.5, 0.6) is 0 Å². The van der Waals surface area contributed by atoms with Gasteiger partial charge in [-0.2, -0.15) is 0 Å². The van der Waals surface area contributed by atoms with Gasteiger partial charge in [0.25, 0.3) is 0 Å². The maximum atomic E-state index is 5.26. The third-order valence-corrected chi connectivity index (χ3v) is 16.6. The Morgan fingerprint density at radius 2 is 0.457 bits per heavy atom. The zero-order valence-corrected chi connectivity index (χ0v) is 67.8. The van der Waals surface area contributed by atoms with Crippen molar-refractivity contribution in [2.45, 2.75) is 362 Å². The van der Waals surface area contributed by atoms with Crippen molar-refractivity contribution < 1.29 is 58.4 Å². The summed E-state index contributed by atoms with van der Waals surface area (Å²) in [6, 6.07) is 13.4. The van der Waals surface area contributed by atoms with Crippen molar-refractivity contribution in [3.63, 3.8) is 0 Å². The molecule has 0 unspecified atom stereocenters. The Hall–Kier alpha value is 1.49. The molecule has 0 aliphatic carbocycles. The fourth-order valence-corrected chi connectivity index (χ4v) is 11.9. The Balaban J connectivity index is -0.000000448. The van der Waals surface area contributed by atoms with Gasteiger partial charge in [-0.1, -0.05) is 359 Å². The van der Waals surface area contributed by atoms with Crippen LogP contribution >= 0.6 is 49.7 Å². The molecule has 2 nitrogen and oxygen atoms in total. The molecule has 81 heavy (non-hydrogen) atoms. The molecule has 0 radical (unpaired) electrons. The van der Waals surface area contributed by atoms with Gasteiger partial charge in [0, 0.05) is 11.4 Å². The molecule has 0 aromatic heterocycles. The molecule has 0 bridgehead atoms. The molecule has 2 N–H and O–H groups in total. The molecule has 0 amide bonds. The summed E-state index contributed by atoms with van der Waals surface area (Å²) in [6.07, 6.45) is 72.0. The average molecular weight is 1380 g/mol. The van der Waals surface area contributed by atoms with E-state index in [1.54, 1.807) is 0 Å². The van der Waals surface area contributed by atoms with Crippen molar-refractivity contribution in [3.05, 3.63) is 58.7 Å². The molecule has 0 spiro atoms. The molecular formula is C70H126N2S6Zn3+2. The van der Waals surface area contributed by atoms with Crippen molar-refractivity contribution in [2.24, 2.45) is 0 Å². The van der Waals surface area contributed by atoms with Crippen LogP contribution in [0.1, 0.15) is 358 Å². The minimum Gasteiger partial charge on any atom is -2.00 e. The van der Waals surface area contributed by atoms with E-state index in [0.29, 0.717) is 8.64 Å². The third kappa shape index (κ3) is 58.9. The molecule has 0 heterocycles. The zero-order valence-electron chi connectivity index (χ0n) is 53.9. The molecule has 0 fully saturated rings. The molecule has 0 saturated carbocycles. The first kappa shape index (κ1) is 91.2. The minimum atomic E-state index is 0. The van der Waals surface area contributed by atoms with E-state index >= 15 is 0 Å². The first-order valence-corrected chi connectivity index (χ1v) is 35.3. The number of aryl methyl sites for hydroxylation is 2. The van der Waals surface area contributed by atoms with E-state index in [-0.39, 0.29) is 85.4 Å². The normalized spacial score (nSPS) is 10.5. The number of anilines is 2. The summed E-state index contributed by atoms with van der Waals surface area (Å²) in [4.78, 5) is 0. The fraction of sp³-hybridized carbons (Fsp3) is 0.800. The predicted molar refractivity (Wildman–Crippen MR) is 377 cm³/mol. The number of thiocarbonyl (C=S) groups is 2. The van der Waals surface area contributed by atoms with Crippen LogP contribution in [0, 0.1) is 0 Å². The van der Waals surface area contributed by atoms with Crippen molar-refractivity contribution in [1.82, 2.24) is 0 Å². The number of hydrogen-bond acceptors (Lipinski definition) is 2. The standard InChI is InChI=1S/2C35H63NS2.2S.3Zn/c2*1-3-5-7-9-11-13-15-17-19-21-23-25-28-32-29-27-31-34(36-35(37)38)33(32)30-26-24-22-20-18-16-14-12-10-8-6-4-2;;;;;/h2*27,29,31H,3-26,28,30H2,1-2H3,(H2,36,37,38);;;;;/q;;2*-2;3*+2. The smallest absolute Gasteiger partial charge is 2.00 e. The van der Waals surface area contributed by atoms with Crippen molar-refractivity contribution in [3.8, 4) is 0 Å². The Morgan fingerprint density at radius 1 is 0.284 bits per heavy atom. The number of unbranched alkanes of at least 4 members (excludes halogenated alkanes) is 44. The average Bonchev–Trinajstić information content (AvgIpc) is 3.40. The van der Waals surface area contributed by atoms with Crippen LogP contribution in [0.25, 0.3) is 0 Å². The molecule has 0 aliphatic rings. The Kier molecular flexibility index (Phi) is 81.4. The number of hydrogen-bond donors (Lipinski definition) is 4. The van der Waals surface area contributed by atoms with Gasteiger partial charge in [0.2, 0.25) is 0 Å². The monoisotopic (exact) mass is 1380 g/mol. The Morgan fingerprint density at radius 3 is 0.642 bits per heavy atom. The van der Waals surface area contributed by atoms with Crippen molar-refractivity contribution in [2.75, 3.05) is 10.6 Å². The molecule has 2 rings (SSSR count). The Labute approximate surface area is 580 Å². The maximum Gasteiger partial charge on any atom is 2.00 e. The number of thiol groups is 2. The second-order valence-corrected chi connectivity index (χ2v) is 25.6. The van der Waals surface area contributed by atoms with E-state index in [1.165, 1.54) is 355 Å². The fourth-order valence-electron chi connectivity index (χ4n) is 11.4. The van der Waals surface area contributed by atoms with Gasteiger partial charge < -0.3 is 37.6 Å². The van der Waals surface area contributed by atoms with Gasteiger partial charge in [0.05, 0.1) is 0 Å². The first-order valence-electron chi connectivity index (χ1n) is 33.6. The number of rotatable bonds is 54. The predicted octanol–water partition coefficient (Wildman–Crippen LogP) is 25.6. The molecule has 2 aromatic rings. The molecule has 11 heteroatoms. The van der Waals surface area contributed by atoms with Crippen LogP contribution in [-0.4, -0.2) is 8.64 Å². The van der Waals surface area contributed by atoms with Gasteiger partial charge in [-0.05, 0) is 85.8 Å². The van der Waals surface area contributed by atoms with Crippen LogP contribution in [-0.2, 0) is 111 Å². The van der Waals surface area contributed by atoms with E-state index in [9.17, 15) is 0 Å². The van der Waals surface area contributed by atoms with Gasteiger partial charge in [0.1, 0.15) is 8.64 Å². The third-order valence-electron chi connectivity index (χ3n) is 16.2. The SMILES string of the molecule is CCCCCCCCCCCCCCc1cccc(NC(=S)S)c1CCCCCCCCCCCCCC.CCCCCCCCCCCCCCc1cccc(NC(=S)S)c1CCCCCCCCCCCCCC.[S-2].[S-2].[Zn+2].[Zn+2].[Zn+2]. The summed E-state index contributed by atoms with van der Waals surface area (Å²) in [5.74, 6) is 0. The molecule has 456 valence electrons. The van der Waals surface area contributed by atoms with Crippen LogP contribution < -0.4 is 10.6 Å². The van der Waals surface area contributed by atoms with Gasteiger partial charge in [-0.3, -0.25) is 0 Å². The summed E-state index contributed by atoms with van der Waals surface area (Å²) < 4.78 is 1.15. The second kappa shape index (κ2) is 72.2. The molecule has 0 saturated heterocycles. The van der Waals surface area contributed by atoms with Crippen LogP contribution in [0.4, 0.5) is 11.4 Å². The van der Waals surface area contributed by atoms with E-state index < -0.39 is 0 Å². The Bertz CT molecular complexity index is 1490. The van der Waals surface area contributed by atoms with E-state index in [2.05, 4.69) is 100.0 Å². The van der Waals surface area contributed by atoms with E-state index in [4.69, 9.17) is 24.4 Å². The number of nitrogens with one attached hydrogen (secondary N) is 2. The summed E-state index contributed by atoms with van der Waals surface area (Å²) in [6.45, 7) is 9.19. The van der Waals surface area contributed by atoms with Crippen molar-refractivity contribution in [1.29, 1.82) is 0 Å². The summed E-state index contributed by atoms with van der Waals surface area (Å²) in [5.41, 5.74) is 8.39. The quantitative estimate of drug-likeness (QED) is 0.0230. The molecule has 2 aromatic carbocycles. The minimum absolute atomic E-state index is 0. The van der Waals surface area contributed by atoms with Gasteiger partial charge in [-0.15, -0.1) is 25.3 Å². The maximum absolute atomic E-state index is 5.26. The van der Waals surface area contributed by atoms with Crippen LogP contribution in [0.2, 0.25) is 0 Å². The summed E-state index contributed by atoms with van der Waals surface area (Å²) in [7, 11) is 0. The summed E-state index contributed by atoms with van der Waals surface area (Å²) >= 11 is 19.2. The van der Waals surface area contributed by atoms with Crippen LogP contribution in [0.3, 0.4) is 0 Å². The van der Waals surface area contributed by atoms with Gasteiger partial charge in [0.15, 0.2) is 0 Å². The zero-order chi connectivity index (χ0) is 55.0. The topological polar surface area (TPSA) is 24.1 Å². The molecule has 0 aliphatic heterocycles. The first-order chi connectivity index (χ1) is 37.4. The molecular weight excluding hydrogens is 1260 g/mol. The van der Waals surface area contributed by atoms with E-state index in [0.717, 1.165) is 12.8 Å². The van der Waals surface area contributed by atoms with Crippen molar-refractivity contribution >= 4 is 96.7 Å². The number of benzene rings is 2. The van der Waals surface area contributed by atoms with Gasteiger partial charge >= 0.3 is 58.4 Å². The second-order valence-electron chi connectivity index (χ2n) is 23.3. The molecule has 0 atom stereocenters. The van der Waals surface area contributed by atoms with Gasteiger partial charge in [-0.25, -0.2) is 0 Å².